The van der Waals surface area contributed by atoms with Crippen molar-refractivity contribution in [2.75, 3.05) is 6.54 Å². The highest BCUT2D eigenvalue weighted by molar-refractivity contribution is 5.74. The highest BCUT2D eigenvalue weighted by Crippen LogP contribution is 2.03. The Hall–Kier alpha value is -2.70. The second-order valence-corrected chi connectivity index (χ2v) is 4.91. The van der Waals surface area contributed by atoms with Crippen LogP contribution in [0, 0.1) is 6.92 Å². The van der Waals surface area contributed by atoms with Gasteiger partial charge in [0.1, 0.15) is 12.3 Å². The van der Waals surface area contributed by atoms with Gasteiger partial charge in [0.25, 0.3) is 5.56 Å². The Morgan fingerprint density at radius 1 is 1.36 bits per heavy atom. The van der Waals surface area contributed by atoms with E-state index in [1.54, 1.807) is 12.3 Å². The number of amides is 1. The SMILES string of the molecule is CC(=O)NCCC(=O)OCc1cc(=O)n2cc(C)ccc2n1. The van der Waals surface area contributed by atoms with Gasteiger partial charge in [-0.1, -0.05) is 6.07 Å². The Bertz CT molecular complexity index is 767. The Balaban J connectivity index is 2.00. The molecule has 2 rings (SSSR count). The van der Waals surface area contributed by atoms with Crippen molar-refractivity contribution in [1.29, 1.82) is 0 Å². The van der Waals surface area contributed by atoms with Crippen LogP contribution in [0.2, 0.25) is 0 Å². The van der Waals surface area contributed by atoms with Gasteiger partial charge in [0.05, 0.1) is 12.1 Å². The Morgan fingerprint density at radius 3 is 2.86 bits per heavy atom. The van der Waals surface area contributed by atoms with Crippen LogP contribution >= 0.6 is 0 Å². The molecule has 2 heterocycles. The molecule has 0 atom stereocenters. The highest BCUT2D eigenvalue weighted by Gasteiger charge is 2.07. The minimum atomic E-state index is -0.459. The Kier molecular flexibility index (Phi) is 4.88. The van der Waals surface area contributed by atoms with Gasteiger partial charge in [-0.15, -0.1) is 0 Å². The van der Waals surface area contributed by atoms with Crippen molar-refractivity contribution in [3.8, 4) is 0 Å². The molecule has 2 aromatic rings. The molecule has 0 saturated heterocycles. The van der Waals surface area contributed by atoms with Crippen LogP contribution in [0.25, 0.3) is 5.65 Å². The largest absolute Gasteiger partial charge is 0.459 e. The minimum Gasteiger partial charge on any atom is -0.459 e. The molecular formula is C15H17N3O4. The number of hydrogen-bond acceptors (Lipinski definition) is 5. The molecule has 0 unspecified atom stereocenters. The zero-order valence-electron chi connectivity index (χ0n) is 12.5. The minimum absolute atomic E-state index is 0.0709. The van der Waals surface area contributed by atoms with Crippen molar-refractivity contribution in [3.05, 3.63) is 46.0 Å². The van der Waals surface area contributed by atoms with Gasteiger partial charge in [-0.05, 0) is 18.6 Å². The molecule has 0 bridgehead atoms. The molecule has 1 amide bonds. The third-order valence-electron chi connectivity index (χ3n) is 2.94. The van der Waals surface area contributed by atoms with Gasteiger partial charge in [0.15, 0.2) is 0 Å². The van der Waals surface area contributed by atoms with E-state index in [-0.39, 0.29) is 31.0 Å². The first kappa shape index (κ1) is 15.7. The van der Waals surface area contributed by atoms with Gasteiger partial charge >= 0.3 is 5.97 Å². The van der Waals surface area contributed by atoms with Crippen molar-refractivity contribution in [1.82, 2.24) is 14.7 Å². The van der Waals surface area contributed by atoms with Crippen LogP contribution in [0.4, 0.5) is 0 Å². The summed E-state index contributed by atoms with van der Waals surface area (Å²) in [7, 11) is 0. The molecule has 1 N–H and O–H groups in total. The van der Waals surface area contributed by atoms with Crippen LogP contribution in [0.15, 0.2) is 29.2 Å². The van der Waals surface area contributed by atoms with Crippen LogP contribution < -0.4 is 10.9 Å². The monoisotopic (exact) mass is 303 g/mol. The van der Waals surface area contributed by atoms with Crippen LogP contribution in [0.1, 0.15) is 24.6 Å². The van der Waals surface area contributed by atoms with E-state index < -0.39 is 5.97 Å². The van der Waals surface area contributed by atoms with Crippen molar-refractivity contribution >= 4 is 17.5 Å². The van der Waals surface area contributed by atoms with E-state index in [0.29, 0.717) is 11.3 Å². The molecule has 116 valence electrons. The maximum absolute atomic E-state index is 12.0. The number of aromatic nitrogens is 2. The van der Waals surface area contributed by atoms with E-state index in [4.69, 9.17) is 4.74 Å². The maximum Gasteiger partial charge on any atom is 0.307 e. The average molecular weight is 303 g/mol. The molecular weight excluding hydrogens is 286 g/mol. The van der Waals surface area contributed by atoms with E-state index in [9.17, 15) is 14.4 Å². The van der Waals surface area contributed by atoms with E-state index in [1.807, 2.05) is 13.0 Å². The van der Waals surface area contributed by atoms with Crippen molar-refractivity contribution in [2.45, 2.75) is 26.9 Å². The van der Waals surface area contributed by atoms with Crippen LogP contribution in [0.3, 0.4) is 0 Å². The van der Waals surface area contributed by atoms with Crippen molar-refractivity contribution in [3.63, 3.8) is 0 Å². The van der Waals surface area contributed by atoms with Crippen molar-refractivity contribution < 1.29 is 14.3 Å². The number of fused-ring (bicyclic) bond motifs is 1. The number of ether oxygens (including phenoxy) is 1. The fraction of sp³-hybridized carbons (Fsp3) is 0.333. The Morgan fingerprint density at radius 2 is 2.14 bits per heavy atom. The fourth-order valence-corrected chi connectivity index (χ4v) is 1.90. The molecule has 0 spiro atoms. The zero-order chi connectivity index (χ0) is 16.1. The van der Waals surface area contributed by atoms with E-state index in [2.05, 4.69) is 10.3 Å². The number of pyridine rings is 1. The molecule has 2 aromatic heterocycles. The average Bonchev–Trinajstić information content (AvgIpc) is 2.45. The van der Waals surface area contributed by atoms with E-state index >= 15 is 0 Å². The number of aryl methyl sites for hydroxylation is 1. The molecule has 0 radical (unpaired) electrons. The lowest BCUT2D eigenvalue weighted by molar-refractivity contribution is -0.144. The molecule has 0 saturated carbocycles. The molecule has 22 heavy (non-hydrogen) atoms. The van der Waals surface area contributed by atoms with E-state index in [0.717, 1.165) is 5.56 Å². The number of carbonyl (C=O) groups excluding carboxylic acids is 2. The smallest absolute Gasteiger partial charge is 0.307 e. The number of nitrogens with zero attached hydrogens (tertiary/aromatic N) is 2. The van der Waals surface area contributed by atoms with Crippen LogP contribution in [-0.4, -0.2) is 27.8 Å². The number of hydrogen-bond donors (Lipinski definition) is 1. The number of esters is 1. The first-order chi connectivity index (χ1) is 10.5. The van der Waals surface area contributed by atoms with Crippen LogP contribution in [-0.2, 0) is 20.9 Å². The number of carbonyl (C=O) groups is 2. The second-order valence-electron chi connectivity index (χ2n) is 4.91. The summed E-state index contributed by atoms with van der Waals surface area (Å²) in [4.78, 5) is 38.4. The first-order valence-corrected chi connectivity index (χ1v) is 6.85. The second kappa shape index (κ2) is 6.84. The predicted octanol–water partition coefficient (Wildman–Crippen LogP) is 0.572. The summed E-state index contributed by atoms with van der Waals surface area (Å²) in [5.74, 6) is -0.660. The predicted molar refractivity (Wildman–Crippen MR) is 79.3 cm³/mol. The standard InChI is InChI=1S/C15H17N3O4/c1-10-3-4-13-17-12(7-14(20)18(13)8-10)9-22-15(21)5-6-16-11(2)19/h3-4,7-8H,5-6,9H2,1-2H3,(H,16,19). The molecule has 7 nitrogen and oxygen atoms in total. The van der Waals surface area contributed by atoms with Gasteiger partial charge in [0, 0.05) is 25.7 Å². The maximum atomic E-state index is 12.0. The number of nitrogens with one attached hydrogen (secondary N) is 1. The fourth-order valence-electron chi connectivity index (χ4n) is 1.90. The van der Waals surface area contributed by atoms with Gasteiger partial charge in [0.2, 0.25) is 5.91 Å². The lowest BCUT2D eigenvalue weighted by Crippen LogP contribution is -2.24. The molecule has 0 aliphatic heterocycles. The topological polar surface area (TPSA) is 89.8 Å². The third-order valence-corrected chi connectivity index (χ3v) is 2.94. The van der Waals surface area contributed by atoms with Gasteiger partial charge < -0.3 is 10.1 Å². The molecule has 0 aromatic carbocycles. The van der Waals surface area contributed by atoms with Crippen LogP contribution in [0.5, 0.6) is 0 Å². The quantitative estimate of drug-likeness (QED) is 0.816. The zero-order valence-corrected chi connectivity index (χ0v) is 12.5. The lowest BCUT2D eigenvalue weighted by Gasteiger charge is -2.07. The Labute approximate surface area is 126 Å². The summed E-state index contributed by atoms with van der Waals surface area (Å²) in [6.07, 6.45) is 1.78. The molecule has 0 fully saturated rings. The summed E-state index contributed by atoms with van der Waals surface area (Å²) in [5.41, 5.74) is 1.62. The number of rotatable bonds is 5. The third kappa shape index (κ3) is 4.15. The van der Waals surface area contributed by atoms with Gasteiger partial charge in [-0.25, -0.2) is 4.98 Å². The highest BCUT2D eigenvalue weighted by atomic mass is 16.5. The van der Waals surface area contributed by atoms with E-state index in [1.165, 1.54) is 17.4 Å². The summed E-state index contributed by atoms with van der Waals surface area (Å²) in [6, 6.07) is 4.93. The lowest BCUT2D eigenvalue weighted by atomic mass is 10.3. The summed E-state index contributed by atoms with van der Waals surface area (Å²) >= 11 is 0. The summed E-state index contributed by atoms with van der Waals surface area (Å²) < 4.78 is 6.48. The molecule has 0 aliphatic rings. The molecule has 0 aliphatic carbocycles. The van der Waals surface area contributed by atoms with Gasteiger partial charge in [-0.3, -0.25) is 18.8 Å². The van der Waals surface area contributed by atoms with Crippen molar-refractivity contribution in [2.24, 2.45) is 0 Å². The normalized spacial score (nSPS) is 10.5. The molecule has 7 heteroatoms. The van der Waals surface area contributed by atoms with Gasteiger partial charge in [-0.2, -0.15) is 0 Å². The summed E-state index contributed by atoms with van der Waals surface area (Å²) in [6.45, 7) is 3.41. The summed E-state index contributed by atoms with van der Waals surface area (Å²) in [5, 5.41) is 2.50. The first-order valence-electron chi connectivity index (χ1n) is 6.85.